The Kier molecular flexibility index (Phi) is 5.69. The van der Waals surface area contributed by atoms with Crippen molar-refractivity contribution in [3.8, 4) is 5.75 Å². The number of aromatic nitrogens is 1. The van der Waals surface area contributed by atoms with Gasteiger partial charge < -0.3 is 19.6 Å². The molecule has 1 aromatic rings. The van der Waals surface area contributed by atoms with E-state index in [1.807, 2.05) is 0 Å². The summed E-state index contributed by atoms with van der Waals surface area (Å²) in [5.74, 6) is -2.27. The number of hydrogen-bond donors (Lipinski definition) is 0. The van der Waals surface area contributed by atoms with Crippen LogP contribution in [-0.2, 0) is 16.0 Å². The van der Waals surface area contributed by atoms with Crippen molar-refractivity contribution in [3.05, 3.63) is 25.4 Å². The SMILES string of the molecule is CCOC(=O)Cc1cc([N+](=O)[O-])nc(I)c1OC(F)(F)F. The van der Waals surface area contributed by atoms with E-state index in [0.717, 1.165) is 6.07 Å². The first-order valence-corrected chi connectivity index (χ1v) is 6.47. The van der Waals surface area contributed by atoms with Gasteiger partial charge in [-0.25, -0.2) is 0 Å². The number of ether oxygens (including phenoxy) is 2. The Morgan fingerprint density at radius 2 is 2.14 bits per heavy atom. The van der Waals surface area contributed by atoms with Crippen molar-refractivity contribution in [1.29, 1.82) is 0 Å². The van der Waals surface area contributed by atoms with Gasteiger partial charge in [0, 0.05) is 34.2 Å². The van der Waals surface area contributed by atoms with Crippen molar-refractivity contribution in [3.63, 3.8) is 0 Å². The van der Waals surface area contributed by atoms with E-state index in [-0.39, 0.29) is 15.9 Å². The highest BCUT2D eigenvalue weighted by atomic mass is 127. The number of alkyl halides is 3. The molecule has 0 aromatic carbocycles. The van der Waals surface area contributed by atoms with E-state index in [4.69, 9.17) is 0 Å². The molecule has 0 aliphatic heterocycles. The minimum Gasteiger partial charge on any atom is -0.466 e. The average molecular weight is 420 g/mol. The molecule has 0 amide bonds. The second-order valence-corrected chi connectivity index (χ2v) is 4.57. The van der Waals surface area contributed by atoms with Gasteiger partial charge in [-0.1, -0.05) is 0 Å². The topological polar surface area (TPSA) is 91.6 Å². The van der Waals surface area contributed by atoms with Crippen molar-refractivity contribution >= 4 is 34.4 Å². The van der Waals surface area contributed by atoms with E-state index >= 15 is 0 Å². The molecule has 0 aliphatic carbocycles. The van der Waals surface area contributed by atoms with Gasteiger partial charge in [-0.15, -0.1) is 13.2 Å². The molecule has 1 heterocycles. The molecule has 7 nitrogen and oxygen atoms in total. The summed E-state index contributed by atoms with van der Waals surface area (Å²) < 4.78 is 45.0. The van der Waals surface area contributed by atoms with Gasteiger partial charge in [0.2, 0.25) is 0 Å². The van der Waals surface area contributed by atoms with Crippen molar-refractivity contribution in [2.24, 2.45) is 0 Å². The quantitative estimate of drug-likeness (QED) is 0.239. The Bertz CT molecular complexity index is 564. The second-order valence-electron chi connectivity index (χ2n) is 3.55. The molecule has 1 aromatic heterocycles. The summed E-state index contributed by atoms with van der Waals surface area (Å²) in [6.45, 7) is 1.54. The van der Waals surface area contributed by atoms with Crippen LogP contribution in [0.4, 0.5) is 19.0 Å². The number of rotatable bonds is 5. The summed E-state index contributed by atoms with van der Waals surface area (Å²) in [6.07, 6.45) is -5.61. The Labute approximate surface area is 129 Å². The van der Waals surface area contributed by atoms with Gasteiger partial charge in [-0.05, 0) is 16.8 Å². The third-order valence-electron chi connectivity index (χ3n) is 2.04. The highest BCUT2D eigenvalue weighted by Crippen LogP contribution is 2.33. The van der Waals surface area contributed by atoms with Gasteiger partial charge in [-0.2, -0.15) is 0 Å². The maximum atomic E-state index is 12.3. The maximum absolute atomic E-state index is 12.3. The lowest BCUT2D eigenvalue weighted by atomic mass is 10.2. The van der Waals surface area contributed by atoms with Gasteiger partial charge in [-0.3, -0.25) is 4.79 Å². The van der Waals surface area contributed by atoms with Crippen LogP contribution in [0.25, 0.3) is 0 Å². The molecule has 0 atom stereocenters. The average Bonchev–Trinajstić information content (AvgIpc) is 2.31. The van der Waals surface area contributed by atoms with Crippen LogP contribution >= 0.6 is 22.6 Å². The monoisotopic (exact) mass is 420 g/mol. The Hall–Kier alpha value is -1.66. The minimum absolute atomic E-state index is 0.0264. The van der Waals surface area contributed by atoms with Crippen LogP contribution < -0.4 is 4.74 Å². The summed E-state index contributed by atoms with van der Waals surface area (Å²) in [5.41, 5.74) is -0.322. The Morgan fingerprint density at radius 1 is 1.52 bits per heavy atom. The first-order chi connectivity index (χ1) is 9.64. The van der Waals surface area contributed by atoms with Crippen molar-refractivity contribution < 1.29 is 32.4 Å². The summed E-state index contributed by atoms with van der Waals surface area (Å²) >= 11 is 1.36. The van der Waals surface area contributed by atoms with E-state index in [0.29, 0.717) is 0 Å². The first kappa shape index (κ1) is 17.4. The predicted octanol–water partition coefficient (Wildman–Crippen LogP) is 2.60. The highest BCUT2D eigenvalue weighted by Gasteiger charge is 2.35. The van der Waals surface area contributed by atoms with Crippen LogP contribution in [0.3, 0.4) is 0 Å². The summed E-state index contributed by atoms with van der Waals surface area (Å²) in [4.78, 5) is 24.5. The molecule has 0 unspecified atom stereocenters. The maximum Gasteiger partial charge on any atom is 0.573 e. The second kappa shape index (κ2) is 6.87. The summed E-state index contributed by atoms with van der Waals surface area (Å²) in [5, 5.41) is 10.7. The number of halogens is 4. The van der Waals surface area contributed by atoms with Gasteiger partial charge in [0.25, 0.3) is 3.70 Å². The molecule has 0 saturated carbocycles. The van der Waals surface area contributed by atoms with E-state index in [1.165, 1.54) is 29.5 Å². The number of hydrogen-bond acceptors (Lipinski definition) is 6. The number of carbonyl (C=O) groups is 1. The molecular weight excluding hydrogens is 412 g/mol. The largest absolute Gasteiger partial charge is 0.573 e. The first-order valence-electron chi connectivity index (χ1n) is 5.39. The molecule has 0 N–H and O–H groups in total. The lowest BCUT2D eigenvalue weighted by Crippen LogP contribution is -2.20. The van der Waals surface area contributed by atoms with Crippen molar-refractivity contribution in [2.75, 3.05) is 6.61 Å². The molecular formula is C10H8F3IN2O5. The molecule has 0 fully saturated rings. The number of carbonyl (C=O) groups excluding carboxylic acids is 1. The van der Waals surface area contributed by atoms with Crippen LogP contribution in [0.2, 0.25) is 0 Å². The van der Waals surface area contributed by atoms with E-state index < -0.39 is 35.2 Å². The molecule has 0 aliphatic rings. The highest BCUT2D eigenvalue weighted by molar-refractivity contribution is 14.1. The van der Waals surface area contributed by atoms with Crippen LogP contribution in [0.1, 0.15) is 12.5 Å². The fraction of sp³-hybridized carbons (Fsp3) is 0.400. The number of nitro groups is 1. The summed E-state index contributed by atoms with van der Waals surface area (Å²) in [7, 11) is 0. The standard InChI is InChI=1S/C10H8F3IN2O5/c1-2-20-7(17)4-5-3-6(16(18)19)15-9(14)8(5)21-10(11,12)13/h3H,2,4H2,1H3. The smallest absolute Gasteiger partial charge is 0.466 e. The molecule has 0 radical (unpaired) electrons. The number of esters is 1. The fourth-order valence-corrected chi connectivity index (χ4v) is 2.06. The Morgan fingerprint density at radius 3 is 2.62 bits per heavy atom. The van der Waals surface area contributed by atoms with Crippen LogP contribution in [0.5, 0.6) is 5.75 Å². The van der Waals surface area contributed by atoms with Crippen LogP contribution in [0, 0.1) is 13.8 Å². The van der Waals surface area contributed by atoms with E-state index in [2.05, 4.69) is 14.5 Å². The zero-order valence-electron chi connectivity index (χ0n) is 10.4. The van der Waals surface area contributed by atoms with Crippen molar-refractivity contribution in [2.45, 2.75) is 19.7 Å². The minimum atomic E-state index is -5.01. The zero-order chi connectivity index (χ0) is 16.2. The molecule has 0 bridgehead atoms. The van der Waals surface area contributed by atoms with Gasteiger partial charge in [0.05, 0.1) is 13.0 Å². The third kappa shape index (κ3) is 5.32. The van der Waals surface area contributed by atoms with Gasteiger partial charge >= 0.3 is 18.1 Å². The van der Waals surface area contributed by atoms with Crippen LogP contribution in [-0.4, -0.2) is 28.8 Å². The lowest BCUT2D eigenvalue weighted by molar-refractivity contribution is -0.389. The third-order valence-corrected chi connectivity index (χ3v) is 2.77. The van der Waals surface area contributed by atoms with Gasteiger partial charge in [0.1, 0.15) is 0 Å². The number of pyridine rings is 1. The van der Waals surface area contributed by atoms with E-state index in [1.54, 1.807) is 0 Å². The zero-order valence-corrected chi connectivity index (χ0v) is 12.6. The van der Waals surface area contributed by atoms with Crippen molar-refractivity contribution in [1.82, 2.24) is 4.98 Å². The molecule has 1 rings (SSSR count). The normalized spacial score (nSPS) is 11.1. The fourth-order valence-electron chi connectivity index (χ4n) is 1.35. The summed E-state index contributed by atoms with van der Waals surface area (Å²) in [6, 6.07) is 0.750. The molecule has 11 heteroatoms. The lowest BCUT2D eigenvalue weighted by Gasteiger charge is -2.12. The molecule has 0 spiro atoms. The van der Waals surface area contributed by atoms with Gasteiger partial charge in [0.15, 0.2) is 5.75 Å². The number of nitrogens with zero attached hydrogens (tertiary/aromatic N) is 2. The predicted molar refractivity (Wildman–Crippen MR) is 70.6 cm³/mol. The molecule has 0 saturated heterocycles. The molecule has 21 heavy (non-hydrogen) atoms. The Balaban J connectivity index is 3.26. The van der Waals surface area contributed by atoms with E-state index in [9.17, 15) is 28.1 Å². The van der Waals surface area contributed by atoms with Crippen LogP contribution in [0.15, 0.2) is 6.07 Å². The molecule has 116 valence electrons.